The van der Waals surface area contributed by atoms with Gasteiger partial charge in [0.2, 0.25) is 0 Å². The highest BCUT2D eigenvalue weighted by Gasteiger charge is 2.38. The molecule has 0 bridgehead atoms. The van der Waals surface area contributed by atoms with Gasteiger partial charge in [-0.15, -0.1) is 0 Å². The van der Waals surface area contributed by atoms with Crippen LogP contribution in [0.3, 0.4) is 0 Å². The van der Waals surface area contributed by atoms with Crippen LogP contribution < -0.4 is 9.47 Å². The maximum Gasteiger partial charge on any atom is 0.429 e. The first kappa shape index (κ1) is 23.9. The van der Waals surface area contributed by atoms with Crippen LogP contribution >= 0.6 is 11.6 Å². The minimum atomic E-state index is -4.11. The van der Waals surface area contributed by atoms with Gasteiger partial charge in [0.1, 0.15) is 11.6 Å². The molecule has 0 aliphatic carbocycles. The first-order chi connectivity index (χ1) is 14.1. The van der Waals surface area contributed by atoms with Crippen LogP contribution in [0, 0.1) is 11.6 Å². The Morgan fingerprint density at radius 2 is 1.80 bits per heavy atom. The van der Waals surface area contributed by atoms with Crippen molar-refractivity contribution in [3.63, 3.8) is 0 Å². The van der Waals surface area contributed by atoms with Gasteiger partial charge in [-0.3, -0.25) is 0 Å². The summed E-state index contributed by atoms with van der Waals surface area (Å²) in [5, 5.41) is -0.494. The van der Waals surface area contributed by atoms with Crippen molar-refractivity contribution < 1.29 is 35.8 Å². The molecule has 0 aliphatic heterocycles. The summed E-state index contributed by atoms with van der Waals surface area (Å²) in [5.74, 6) is -3.72. The monoisotopic (exact) mass is 452 g/mol. The molecular weight excluding hydrogens is 434 g/mol. The molecule has 0 N–H and O–H groups in total. The van der Waals surface area contributed by atoms with Gasteiger partial charge in [-0.25, -0.2) is 17.6 Å². The van der Waals surface area contributed by atoms with E-state index < -0.39 is 46.3 Å². The van der Waals surface area contributed by atoms with Gasteiger partial charge in [0.15, 0.2) is 11.6 Å². The number of aryl methyl sites for hydroxylation is 1. The fourth-order valence-corrected chi connectivity index (χ4v) is 2.85. The highest BCUT2D eigenvalue weighted by atomic mass is 35.5. The predicted molar refractivity (Wildman–Crippen MR) is 101 cm³/mol. The second-order valence-electron chi connectivity index (χ2n) is 6.39. The van der Waals surface area contributed by atoms with Crippen LogP contribution in [0.25, 0.3) is 0 Å². The highest BCUT2D eigenvalue weighted by Crippen LogP contribution is 2.38. The minimum Gasteiger partial charge on any atom is -0.460 e. The van der Waals surface area contributed by atoms with Crippen molar-refractivity contribution in [3.05, 3.63) is 70.5 Å². The average molecular weight is 453 g/mol. The summed E-state index contributed by atoms with van der Waals surface area (Å²) in [6, 6.07) is 4.65. The molecule has 2 rings (SSSR count). The Morgan fingerprint density at radius 3 is 2.40 bits per heavy atom. The van der Waals surface area contributed by atoms with Crippen LogP contribution in [-0.4, -0.2) is 6.43 Å². The first-order valence-electron chi connectivity index (χ1n) is 9.10. The second kappa shape index (κ2) is 10.6. The van der Waals surface area contributed by atoms with Gasteiger partial charge in [-0.2, -0.15) is 8.78 Å². The maximum atomic E-state index is 14.4. The smallest absolute Gasteiger partial charge is 0.429 e. The third kappa shape index (κ3) is 6.58. The van der Waals surface area contributed by atoms with Gasteiger partial charge in [0.25, 0.3) is 6.43 Å². The number of allylic oxidation sites excluding steroid dienone is 1. The Hall–Kier alpha value is -2.35. The predicted octanol–water partition coefficient (Wildman–Crippen LogP) is 7.64. The summed E-state index contributed by atoms with van der Waals surface area (Å²) < 4.78 is 90.4. The van der Waals surface area contributed by atoms with Gasteiger partial charge in [-0.1, -0.05) is 37.4 Å². The first-order valence-corrected chi connectivity index (χ1v) is 9.48. The molecular formula is C21H19ClF6O2. The van der Waals surface area contributed by atoms with Crippen molar-refractivity contribution in [1.82, 2.24) is 0 Å². The van der Waals surface area contributed by atoms with Crippen LogP contribution in [0.1, 0.15) is 37.3 Å². The zero-order valence-corrected chi connectivity index (χ0v) is 16.7. The summed E-state index contributed by atoms with van der Waals surface area (Å²) in [7, 11) is 0. The number of ether oxygens (including phenoxy) is 2. The lowest BCUT2D eigenvalue weighted by atomic mass is 10.0. The molecule has 0 radical (unpaired) electrons. The number of hydrogen-bond acceptors (Lipinski definition) is 2. The summed E-state index contributed by atoms with van der Waals surface area (Å²) in [6.07, 6.45) is -2.82. The molecule has 2 aromatic rings. The third-order valence-corrected chi connectivity index (χ3v) is 4.32. The lowest BCUT2D eigenvalue weighted by molar-refractivity contribution is -0.187. The van der Waals surface area contributed by atoms with Crippen LogP contribution in [-0.2, 0) is 12.5 Å². The Kier molecular flexibility index (Phi) is 8.46. The number of halogens is 7. The number of benzene rings is 2. The average Bonchev–Trinajstić information content (AvgIpc) is 2.63. The Bertz CT molecular complexity index is 863. The van der Waals surface area contributed by atoms with E-state index in [2.05, 4.69) is 9.47 Å². The molecule has 2 aromatic carbocycles. The van der Waals surface area contributed by atoms with E-state index in [4.69, 9.17) is 11.6 Å². The van der Waals surface area contributed by atoms with Crippen molar-refractivity contribution >= 4 is 11.6 Å². The number of hydrogen-bond donors (Lipinski definition) is 0. The van der Waals surface area contributed by atoms with Gasteiger partial charge in [0, 0.05) is 18.2 Å². The molecule has 0 saturated carbocycles. The quantitative estimate of drug-likeness (QED) is 0.209. The van der Waals surface area contributed by atoms with E-state index in [9.17, 15) is 26.3 Å². The zero-order valence-electron chi connectivity index (χ0n) is 15.9. The summed E-state index contributed by atoms with van der Waals surface area (Å²) in [4.78, 5) is 0. The number of rotatable bonds is 10. The standard InChI is InChI=1S/C21H19ClF6O2/c1-2-3-4-5-13-6-7-15(17(23)10-13)21(27,28)30-14-11-16(22)20(18(24)12-14)29-9-8-19(25)26/h6-12,19H,2-5H2,1H3/b9-8+. The molecule has 0 spiro atoms. The van der Waals surface area contributed by atoms with Crippen molar-refractivity contribution in [3.8, 4) is 11.5 Å². The Labute approximate surface area is 175 Å². The highest BCUT2D eigenvalue weighted by molar-refractivity contribution is 6.32. The Morgan fingerprint density at radius 1 is 1.07 bits per heavy atom. The number of unbranched alkanes of at least 4 members (excludes halogenated alkanes) is 2. The molecule has 9 heteroatoms. The Balaban J connectivity index is 2.18. The molecule has 0 heterocycles. The molecule has 0 fully saturated rings. The lowest BCUT2D eigenvalue weighted by Gasteiger charge is -2.20. The van der Waals surface area contributed by atoms with Crippen LogP contribution in [0.2, 0.25) is 5.02 Å². The van der Waals surface area contributed by atoms with Gasteiger partial charge < -0.3 is 9.47 Å². The molecule has 0 unspecified atom stereocenters. The molecule has 30 heavy (non-hydrogen) atoms. The van der Waals surface area contributed by atoms with Crippen LogP contribution in [0.4, 0.5) is 26.3 Å². The van der Waals surface area contributed by atoms with Crippen molar-refractivity contribution in [1.29, 1.82) is 0 Å². The van der Waals surface area contributed by atoms with E-state index >= 15 is 0 Å². The normalized spacial score (nSPS) is 12.0. The van der Waals surface area contributed by atoms with Crippen LogP contribution in [0.15, 0.2) is 42.7 Å². The summed E-state index contributed by atoms with van der Waals surface area (Å²) >= 11 is 5.75. The molecule has 0 saturated heterocycles. The topological polar surface area (TPSA) is 18.5 Å². The number of alkyl halides is 4. The van der Waals surface area contributed by atoms with E-state index in [1.807, 2.05) is 6.92 Å². The molecule has 164 valence electrons. The van der Waals surface area contributed by atoms with E-state index in [-0.39, 0.29) is 0 Å². The third-order valence-electron chi connectivity index (χ3n) is 4.04. The van der Waals surface area contributed by atoms with E-state index in [0.717, 1.165) is 37.5 Å². The van der Waals surface area contributed by atoms with Gasteiger partial charge in [-0.05, 0) is 30.5 Å². The summed E-state index contributed by atoms with van der Waals surface area (Å²) in [5.41, 5.74) is -0.439. The van der Waals surface area contributed by atoms with Crippen molar-refractivity contribution in [2.24, 2.45) is 0 Å². The van der Waals surface area contributed by atoms with E-state index in [1.165, 1.54) is 6.07 Å². The summed E-state index contributed by atoms with van der Waals surface area (Å²) in [6.45, 7) is 2.01. The van der Waals surface area contributed by atoms with Crippen LogP contribution in [0.5, 0.6) is 11.5 Å². The zero-order chi connectivity index (χ0) is 22.3. The van der Waals surface area contributed by atoms with Crippen molar-refractivity contribution in [2.45, 2.75) is 45.1 Å². The van der Waals surface area contributed by atoms with Gasteiger partial charge in [0.05, 0.1) is 16.8 Å². The molecule has 2 nitrogen and oxygen atoms in total. The molecule has 0 aliphatic rings. The lowest BCUT2D eigenvalue weighted by Crippen LogP contribution is -2.23. The fourth-order valence-electron chi connectivity index (χ4n) is 2.61. The minimum absolute atomic E-state index is 0.336. The fraction of sp³-hybridized carbons (Fsp3) is 0.333. The molecule has 0 atom stereocenters. The largest absolute Gasteiger partial charge is 0.460 e. The van der Waals surface area contributed by atoms with Gasteiger partial charge >= 0.3 is 6.11 Å². The maximum absolute atomic E-state index is 14.4. The van der Waals surface area contributed by atoms with Crippen molar-refractivity contribution in [2.75, 3.05) is 0 Å². The van der Waals surface area contributed by atoms with E-state index in [0.29, 0.717) is 30.4 Å². The second-order valence-corrected chi connectivity index (χ2v) is 6.79. The molecule has 0 aromatic heterocycles. The van der Waals surface area contributed by atoms with E-state index in [1.54, 1.807) is 0 Å². The SMILES string of the molecule is CCCCCc1ccc(C(F)(F)Oc2cc(F)c(O/C=C/C(F)F)c(Cl)c2)c(F)c1. The molecule has 0 amide bonds.